The van der Waals surface area contributed by atoms with Crippen LogP contribution in [0.15, 0.2) is 16.8 Å². The van der Waals surface area contributed by atoms with Crippen LogP contribution in [0.3, 0.4) is 0 Å². The smallest absolute Gasteiger partial charge is 0.224 e. The summed E-state index contributed by atoms with van der Waals surface area (Å²) in [5.74, 6) is 0.633. The van der Waals surface area contributed by atoms with Crippen molar-refractivity contribution in [1.29, 1.82) is 0 Å². The van der Waals surface area contributed by atoms with Gasteiger partial charge in [0.15, 0.2) is 0 Å². The fraction of sp³-hybridized carbons (Fsp3) is 0.364. The number of H-pyrrole nitrogens is 1. The van der Waals surface area contributed by atoms with Crippen molar-refractivity contribution in [3.05, 3.63) is 35.0 Å². The molecular formula is C11H14N4O2. The van der Waals surface area contributed by atoms with Gasteiger partial charge in [-0.1, -0.05) is 5.16 Å². The lowest BCUT2D eigenvalue weighted by Crippen LogP contribution is -2.25. The Kier molecular flexibility index (Phi) is 3.22. The first-order chi connectivity index (χ1) is 8.16. The van der Waals surface area contributed by atoms with Gasteiger partial charge in [-0.25, -0.2) is 0 Å². The van der Waals surface area contributed by atoms with Crippen LogP contribution in [0, 0.1) is 13.8 Å². The summed E-state index contributed by atoms with van der Waals surface area (Å²) in [5, 5.41) is 13.2. The molecule has 0 aliphatic rings. The number of amides is 1. The van der Waals surface area contributed by atoms with Crippen LogP contribution in [-0.2, 0) is 17.8 Å². The van der Waals surface area contributed by atoms with Crippen molar-refractivity contribution in [1.82, 2.24) is 20.7 Å². The molecule has 2 heterocycles. The van der Waals surface area contributed by atoms with E-state index in [1.807, 2.05) is 13.0 Å². The molecule has 0 saturated heterocycles. The van der Waals surface area contributed by atoms with E-state index in [0.29, 0.717) is 12.3 Å². The lowest BCUT2D eigenvalue weighted by atomic mass is 10.1. The van der Waals surface area contributed by atoms with E-state index >= 15 is 0 Å². The van der Waals surface area contributed by atoms with Gasteiger partial charge in [-0.05, 0) is 19.9 Å². The molecule has 2 aromatic heterocycles. The van der Waals surface area contributed by atoms with Crippen LogP contribution in [-0.4, -0.2) is 21.3 Å². The Morgan fingerprint density at radius 3 is 2.94 bits per heavy atom. The van der Waals surface area contributed by atoms with Crippen molar-refractivity contribution in [2.45, 2.75) is 26.8 Å². The third kappa shape index (κ3) is 2.72. The minimum Gasteiger partial charge on any atom is -0.361 e. The molecule has 2 rings (SSSR count). The van der Waals surface area contributed by atoms with Crippen LogP contribution in [0.1, 0.15) is 22.7 Å². The van der Waals surface area contributed by atoms with Gasteiger partial charge in [-0.3, -0.25) is 9.89 Å². The van der Waals surface area contributed by atoms with Gasteiger partial charge in [-0.2, -0.15) is 5.10 Å². The number of aromatic nitrogens is 3. The minimum atomic E-state index is -0.0611. The maximum atomic E-state index is 11.7. The molecule has 0 radical (unpaired) electrons. The Morgan fingerprint density at radius 2 is 2.35 bits per heavy atom. The van der Waals surface area contributed by atoms with Gasteiger partial charge in [0.05, 0.1) is 24.4 Å². The highest BCUT2D eigenvalue weighted by molar-refractivity contribution is 5.78. The largest absolute Gasteiger partial charge is 0.361 e. The fourth-order valence-corrected chi connectivity index (χ4v) is 1.55. The minimum absolute atomic E-state index is 0.0611. The van der Waals surface area contributed by atoms with Crippen LogP contribution in [0.4, 0.5) is 0 Å². The van der Waals surface area contributed by atoms with E-state index in [2.05, 4.69) is 20.7 Å². The van der Waals surface area contributed by atoms with Gasteiger partial charge < -0.3 is 9.84 Å². The van der Waals surface area contributed by atoms with Gasteiger partial charge in [0.1, 0.15) is 5.76 Å². The average Bonchev–Trinajstić information content (AvgIpc) is 2.91. The second-order valence-electron chi connectivity index (χ2n) is 3.84. The summed E-state index contributed by atoms with van der Waals surface area (Å²) < 4.78 is 5.00. The van der Waals surface area contributed by atoms with E-state index in [1.54, 1.807) is 13.1 Å². The molecule has 0 saturated carbocycles. The Morgan fingerprint density at radius 1 is 1.53 bits per heavy atom. The predicted octanol–water partition coefficient (Wildman–Crippen LogP) is 0.873. The first-order valence-electron chi connectivity index (χ1n) is 5.33. The van der Waals surface area contributed by atoms with Crippen molar-refractivity contribution < 1.29 is 9.32 Å². The van der Waals surface area contributed by atoms with Gasteiger partial charge in [0, 0.05) is 11.8 Å². The summed E-state index contributed by atoms with van der Waals surface area (Å²) in [5.41, 5.74) is 2.49. The van der Waals surface area contributed by atoms with Crippen LogP contribution >= 0.6 is 0 Å². The first kappa shape index (κ1) is 11.4. The van der Waals surface area contributed by atoms with Crippen LogP contribution < -0.4 is 5.32 Å². The van der Waals surface area contributed by atoms with E-state index in [1.165, 1.54) is 0 Å². The lowest BCUT2D eigenvalue weighted by molar-refractivity contribution is -0.120. The number of nitrogens with one attached hydrogen (secondary N) is 2. The number of aromatic amines is 1. The number of hydrogen-bond donors (Lipinski definition) is 2. The second-order valence-corrected chi connectivity index (χ2v) is 3.84. The van der Waals surface area contributed by atoms with Gasteiger partial charge >= 0.3 is 0 Å². The van der Waals surface area contributed by atoms with Crippen molar-refractivity contribution in [2.75, 3.05) is 0 Å². The SMILES string of the molecule is Cc1noc(C)c1CC(=O)NCc1ccn[nH]1. The molecule has 0 bridgehead atoms. The van der Waals surface area contributed by atoms with Gasteiger partial charge in [-0.15, -0.1) is 0 Å². The quantitative estimate of drug-likeness (QED) is 0.822. The van der Waals surface area contributed by atoms with E-state index in [9.17, 15) is 4.79 Å². The Bertz CT molecular complexity index is 482. The summed E-state index contributed by atoms with van der Waals surface area (Å²) in [6.45, 7) is 4.08. The van der Waals surface area contributed by atoms with Crippen molar-refractivity contribution in [3.8, 4) is 0 Å². The number of rotatable bonds is 4. The Hall–Kier alpha value is -2.11. The van der Waals surface area contributed by atoms with Crippen molar-refractivity contribution >= 4 is 5.91 Å². The molecule has 0 aliphatic carbocycles. The number of carbonyl (C=O) groups is 1. The maximum Gasteiger partial charge on any atom is 0.224 e. The zero-order chi connectivity index (χ0) is 12.3. The molecule has 90 valence electrons. The first-order valence-corrected chi connectivity index (χ1v) is 5.33. The highest BCUT2D eigenvalue weighted by atomic mass is 16.5. The van der Waals surface area contributed by atoms with Crippen LogP contribution in [0.25, 0.3) is 0 Å². The molecule has 0 aliphatic heterocycles. The molecule has 0 spiro atoms. The normalized spacial score (nSPS) is 10.5. The molecule has 0 unspecified atom stereocenters. The monoisotopic (exact) mass is 234 g/mol. The maximum absolute atomic E-state index is 11.7. The Balaban J connectivity index is 1.89. The predicted molar refractivity (Wildman–Crippen MR) is 60.1 cm³/mol. The fourth-order valence-electron chi connectivity index (χ4n) is 1.55. The third-order valence-corrected chi connectivity index (χ3v) is 2.55. The standard InChI is InChI=1S/C11H14N4O2/c1-7-10(8(2)17-15-7)5-11(16)12-6-9-3-4-13-14-9/h3-4H,5-6H2,1-2H3,(H,12,16)(H,13,14). The highest BCUT2D eigenvalue weighted by Crippen LogP contribution is 2.12. The van der Waals surface area contributed by atoms with Crippen LogP contribution in [0.2, 0.25) is 0 Å². The summed E-state index contributed by atoms with van der Waals surface area (Å²) in [4.78, 5) is 11.7. The average molecular weight is 234 g/mol. The zero-order valence-electron chi connectivity index (χ0n) is 9.78. The molecule has 2 aromatic rings. The molecule has 2 N–H and O–H groups in total. The molecule has 6 nitrogen and oxygen atoms in total. The summed E-state index contributed by atoms with van der Waals surface area (Å²) in [6, 6.07) is 1.82. The summed E-state index contributed by atoms with van der Waals surface area (Å²) in [6.07, 6.45) is 1.94. The molecular weight excluding hydrogens is 220 g/mol. The molecule has 0 aromatic carbocycles. The van der Waals surface area contributed by atoms with Gasteiger partial charge in [0.2, 0.25) is 5.91 Å². The van der Waals surface area contributed by atoms with Crippen molar-refractivity contribution in [3.63, 3.8) is 0 Å². The molecule has 1 amide bonds. The Labute approximate surface area is 98.4 Å². The highest BCUT2D eigenvalue weighted by Gasteiger charge is 2.13. The summed E-state index contributed by atoms with van der Waals surface area (Å²) >= 11 is 0. The lowest BCUT2D eigenvalue weighted by Gasteiger charge is -2.03. The van der Waals surface area contributed by atoms with Crippen molar-refractivity contribution in [2.24, 2.45) is 0 Å². The van der Waals surface area contributed by atoms with E-state index in [4.69, 9.17) is 4.52 Å². The molecule has 17 heavy (non-hydrogen) atoms. The molecule has 0 fully saturated rings. The number of carbonyl (C=O) groups excluding carboxylic acids is 1. The summed E-state index contributed by atoms with van der Waals surface area (Å²) in [7, 11) is 0. The van der Waals surface area contributed by atoms with Crippen LogP contribution in [0.5, 0.6) is 0 Å². The number of nitrogens with zero attached hydrogens (tertiary/aromatic N) is 2. The molecule has 6 heteroatoms. The van der Waals surface area contributed by atoms with E-state index < -0.39 is 0 Å². The van der Waals surface area contributed by atoms with E-state index in [0.717, 1.165) is 17.0 Å². The molecule has 0 atom stereocenters. The third-order valence-electron chi connectivity index (χ3n) is 2.55. The van der Waals surface area contributed by atoms with Gasteiger partial charge in [0.25, 0.3) is 0 Å². The second kappa shape index (κ2) is 4.82. The van der Waals surface area contributed by atoms with E-state index in [-0.39, 0.29) is 12.3 Å². The number of hydrogen-bond acceptors (Lipinski definition) is 4. The zero-order valence-corrected chi connectivity index (χ0v) is 9.78. The topological polar surface area (TPSA) is 83.8 Å². The number of aryl methyl sites for hydroxylation is 2.